The molecular weight excluding hydrogens is 234 g/mol. The normalized spacial score (nSPS) is 12.8. The molecule has 0 radical (unpaired) electrons. The smallest absolute Gasteiger partial charge is 0.122 e. The molecule has 2 heteroatoms. The van der Waals surface area contributed by atoms with Gasteiger partial charge in [-0.3, -0.25) is 0 Å². The monoisotopic (exact) mass is 263 g/mol. The predicted octanol–water partition coefficient (Wildman–Crippen LogP) is 4.19. The van der Waals surface area contributed by atoms with Gasteiger partial charge in [-0.1, -0.05) is 33.8 Å². The van der Waals surface area contributed by atoms with Crippen LogP contribution in [0.3, 0.4) is 0 Å². The predicted molar refractivity (Wildman–Crippen MR) is 83.0 cm³/mol. The maximum Gasteiger partial charge on any atom is 0.122 e. The minimum Gasteiger partial charge on any atom is -0.493 e. The molecule has 2 N–H and O–H groups in total. The summed E-state index contributed by atoms with van der Waals surface area (Å²) in [7, 11) is 0. The van der Waals surface area contributed by atoms with Crippen LogP contribution in [0.4, 0.5) is 0 Å². The average Bonchev–Trinajstić information content (AvgIpc) is 2.37. The summed E-state index contributed by atoms with van der Waals surface area (Å²) >= 11 is 0. The van der Waals surface area contributed by atoms with Crippen molar-refractivity contribution in [1.82, 2.24) is 0 Å². The standard InChI is InChI=1S/C17H29NO/c1-6-8-19-17-11-16(12(3)4)14(9-13(17)5)10-15(18)7-2/h9,11-12,15H,6-8,10,18H2,1-5H3. The lowest BCUT2D eigenvalue weighted by atomic mass is 9.91. The van der Waals surface area contributed by atoms with Gasteiger partial charge in [-0.2, -0.15) is 0 Å². The van der Waals surface area contributed by atoms with E-state index in [1.807, 2.05) is 0 Å². The number of benzene rings is 1. The Labute approximate surface area is 118 Å². The van der Waals surface area contributed by atoms with Gasteiger partial charge in [-0.15, -0.1) is 0 Å². The van der Waals surface area contributed by atoms with Gasteiger partial charge in [0.15, 0.2) is 0 Å². The minimum atomic E-state index is 0.249. The first-order valence-corrected chi connectivity index (χ1v) is 7.51. The molecular formula is C17H29NO. The molecule has 0 saturated carbocycles. The number of ether oxygens (including phenoxy) is 1. The second kappa shape index (κ2) is 7.54. The summed E-state index contributed by atoms with van der Waals surface area (Å²) in [5.74, 6) is 1.53. The van der Waals surface area contributed by atoms with Crippen molar-refractivity contribution in [3.8, 4) is 5.75 Å². The molecule has 0 saturated heterocycles. The van der Waals surface area contributed by atoms with E-state index < -0.39 is 0 Å². The molecule has 0 spiro atoms. The van der Waals surface area contributed by atoms with E-state index in [0.29, 0.717) is 5.92 Å². The third-order valence-electron chi connectivity index (χ3n) is 3.53. The van der Waals surface area contributed by atoms with Crippen LogP contribution < -0.4 is 10.5 Å². The Kier molecular flexibility index (Phi) is 6.36. The molecule has 1 rings (SSSR count). The third kappa shape index (κ3) is 4.54. The zero-order valence-electron chi connectivity index (χ0n) is 13.1. The van der Waals surface area contributed by atoms with E-state index in [2.05, 4.69) is 46.8 Å². The Morgan fingerprint density at radius 2 is 1.89 bits per heavy atom. The van der Waals surface area contributed by atoms with Crippen LogP contribution in [0.5, 0.6) is 5.75 Å². The highest BCUT2D eigenvalue weighted by Crippen LogP contribution is 2.29. The van der Waals surface area contributed by atoms with Crippen molar-refractivity contribution in [2.45, 2.75) is 65.8 Å². The van der Waals surface area contributed by atoms with E-state index >= 15 is 0 Å². The van der Waals surface area contributed by atoms with Crippen molar-refractivity contribution >= 4 is 0 Å². The Bertz CT molecular complexity index is 398. The fraction of sp³-hybridized carbons (Fsp3) is 0.647. The number of hydrogen-bond acceptors (Lipinski definition) is 2. The second-order valence-corrected chi connectivity index (χ2v) is 5.69. The quantitative estimate of drug-likeness (QED) is 0.800. The largest absolute Gasteiger partial charge is 0.493 e. The van der Waals surface area contributed by atoms with Gasteiger partial charge in [0.2, 0.25) is 0 Å². The first kappa shape index (κ1) is 16.0. The molecule has 0 fully saturated rings. The van der Waals surface area contributed by atoms with Gasteiger partial charge in [0.05, 0.1) is 6.61 Å². The van der Waals surface area contributed by atoms with Crippen LogP contribution >= 0.6 is 0 Å². The molecule has 0 aliphatic carbocycles. The first-order chi connectivity index (χ1) is 8.99. The van der Waals surface area contributed by atoms with Crippen molar-refractivity contribution in [3.63, 3.8) is 0 Å². The molecule has 0 amide bonds. The summed E-state index contributed by atoms with van der Waals surface area (Å²) in [6, 6.07) is 4.72. The van der Waals surface area contributed by atoms with Gasteiger partial charge in [-0.25, -0.2) is 0 Å². The Morgan fingerprint density at radius 3 is 2.42 bits per heavy atom. The molecule has 1 unspecified atom stereocenters. The summed E-state index contributed by atoms with van der Waals surface area (Å²) in [6.45, 7) is 11.6. The van der Waals surface area contributed by atoms with E-state index in [1.54, 1.807) is 0 Å². The Balaban J connectivity index is 3.06. The summed E-state index contributed by atoms with van der Waals surface area (Å²) in [5.41, 5.74) is 10.1. The first-order valence-electron chi connectivity index (χ1n) is 7.51. The molecule has 1 atom stereocenters. The fourth-order valence-corrected chi connectivity index (χ4v) is 2.27. The van der Waals surface area contributed by atoms with Gasteiger partial charge in [0, 0.05) is 6.04 Å². The van der Waals surface area contributed by atoms with E-state index in [0.717, 1.165) is 31.6 Å². The van der Waals surface area contributed by atoms with Crippen molar-refractivity contribution in [1.29, 1.82) is 0 Å². The fourth-order valence-electron chi connectivity index (χ4n) is 2.27. The van der Waals surface area contributed by atoms with Crippen molar-refractivity contribution in [2.24, 2.45) is 5.73 Å². The summed E-state index contributed by atoms with van der Waals surface area (Å²) in [6.07, 6.45) is 3.02. The molecule has 0 aliphatic rings. The van der Waals surface area contributed by atoms with E-state index in [4.69, 9.17) is 10.5 Å². The number of nitrogens with two attached hydrogens (primary N) is 1. The molecule has 2 nitrogen and oxygen atoms in total. The average molecular weight is 263 g/mol. The van der Waals surface area contributed by atoms with Crippen molar-refractivity contribution < 1.29 is 4.74 Å². The van der Waals surface area contributed by atoms with E-state index in [9.17, 15) is 0 Å². The highest BCUT2D eigenvalue weighted by Gasteiger charge is 2.13. The highest BCUT2D eigenvalue weighted by atomic mass is 16.5. The van der Waals surface area contributed by atoms with Crippen LogP contribution in [0.25, 0.3) is 0 Å². The lowest BCUT2D eigenvalue weighted by Crippen LogP contribution is -2.22. The van der Waals surface area contributed by atoms with Crippen LogP contribution in [0.2, 0.25) is 0 Å². The molecule has 1 aromatic rings. The van der Waals surface area contributed by atoms with Crippen molar-refractivity contribution in [2.75, 3.05) is 6.61 Å². The Morgan fingerprint density at radius 1 is 1.21 bits per heavy atom. The molecule has 19 heavy (non-hydrogen) atoms. The maximum absolute atomic E-state index is 6.11. The third-order valence-corrected chi connectivity index (χ3v) is 3.53. The number of hydrogen-bond donors (Lipinski definition) is 1. The summed E-state index contributed by atoms with van der Waals surface area (Å²) < 4.78 is 5.83. The topological polar surface area (TPSA) is 35.2 Å². The van der Waals surface area contributed by atoms with Gasteiger partial charge < -0.3 is 10.5 Å². The molecule has 0 aromatic heterocycles. The molecule has 0 aliphatic heterocycles. The SMILES string of the molecule is CCCOc1cc(C(C)C)c(CC(N)CC)cc1C. The molecule has 108 valence electrons. The Hall–Kier alpha value is -1.02. The lowest BCUT2D eigenvalue weighted by Gasteiger charge is -2.19. The summed E-state index contributed by atoms with van der Waals surface area (Å²) in [5, 5.41) is 0. The van der Waals surface area contributed by atoms with Crippen LogP contribution in [0.1, 0.15) is 63.1 Å². The van der Waals surface area contributed by atoms with Crippen LogP contribution in [-0.4, -0.2) is 12.6 Å². The van der Waals surface area contributed by atoms with E-state index in [-0.39, 0.29) is 6.04 Å². The van der Waals surface area contributed by atoms with Gasteiger partial charge in [0.1, 0.15) is 5.75 Å². The number of aryl methyl sites for hydroxylation is 1. The second-order valence-electron chi connectivity index (χ2n) is 5.69. The molecule has 1 aromatic carbocycles. The lowest BCUT2D eigenvalue weighted by molar-refractivity contribution is 0.314. The van der Waals surface area contributed by atoms with Crippen molar-refractivity contribution in [3.05, 3.63) is 28.8 Å². The number of rotatable bonds is 7. The van der Waals surface area contributed by atoms with Crippen LogP contribution in [0, 0.1) is 6.92 Å². The van der Waals surface area contributed by atoms with Crippen LogP contribution in [-0.2, 0) is 6.42 Å². The van der Waals surface area contributed by atoms with Gasteiger partial charge in [0.25, 0.3) is 0 Å². The zero-order chi connectivity index (χ0) is 14.4. The minimum absolute atomic E-state index is 0.249. The zero-order valence-corrected chi connectivity index (χ0v) is 13.1. The molecule has 0 bridgehead atoms. The molecule has 0 heterocycles. The van der Waals surface area contributed by atoms with Gasteiger partial charge in [-0.05, 0) is 54.9 Å². The summed E-state index contributed by atoms with van der Waals surface area (Å²) in [4.78, 5) is 0. The van der Waals surface area contributed by atoms with Crippen LogP contribution in [0.15, 0.2) is 12.1 Å². The highest BCUT2D eigenvalue weighted by molar-refractivity contribution is 5.43. The van der Waals surface area contributed by atoms with E-state index in [1.165, 1.54) is 16.7 Å². The maximum atomic E-state index is 6.11. The van der Waals surface area contributed by atoms with Gasteiger partial charge >= 0.3 is 0 Å².